The average molecular weight is 261 g/mol. The maximum atomic E-state index is 11.3. The third-order valence-corrected chi connectivity index (χ3v) is 2.09. The number of benzene rings is 1. The third kappa shape index (κ3) is 3.81. The zero-order chi connectivity index (χ0) is 14.3. The first-order valence-corrected chi connectivity index (χ1v) is 5.37. The van der Waals surface area contributed by atoms with Gasteiger partial charge in [-0.3, -0.25) is 10.1 Å². The summed E-state index contributed by atoms with van der Waals surface area (Å²) in [7, 11) is 0. The molecule has 0 aliphatic heterocycles. The molecule has 7 nitrogen and oxygen atoms in total. The van der Waals surface area contributed by atoms with Gasteiger partial charge in [-0.2, -0.15) is 5.26 Å². The van der Waals surface area contributed by atoms with Crippen molar-refractivity contribution in [1.29, 1.82) is 5.26 Å². The minimum Gasteiger partial charge on any atom is -0.462 e. The number of rotatable bonds is 5. The lowest BCUT2D eigenvalue weighted by Crippen LogP contribution is -2.08. The van der Waals surface area contributed by atoms with E-state index in [-0.39, 0.29) is 23.6 Å². The summed E-state index contributed by atoms with van der Waals surface area (Å²) in [6.45, 7) is 1.76. The molecule has 1 N–H and O–H groups in total. The van der Waals surface area contributed by atoms with E-state index >= 15 is 0 Å². The van der Waals surface area contributed by atoms with Gasteiger partial charge in [0.05, 0.1) is 11.5 Å². The van der Waals surface area contributed by atoms with Gasteiger partial charge >= 0.3 is 5.97 Å². The molecule has 0 aromatic heterocycles. The van der Waals surface area contributed by atoms with Crippen LogP contribution in [0.4, 0.5) is 11.4 Å². The second kappa shape index (κ2) is 6.76. The molecule has 19 heavy (non-hydrogen) atoms. The van der Waals surface area contributed by atoms with Crippen LogP contribution in [0.25, 0.3) is 0 Å². The van der Waals surface area contributed by atoms with E-state index in [4.69, 9.17) is 5.26 Å². The van der Waals surface area contributed by atoms with Crippen LogP contribution in [-0.2, 0) is 9.53 Å². The summed E-state index contributed by atoms with van der Waals surface area (Å²) in [5.74, 6) is -0.781. The molecule has 0 radical (unpaired) electrons. The first kappa shape index (κ1) is 14.2. The van der Waals surface area contributed by atoms with Crippen LogP contribution in [0.3, 0.4) is 0 Å². The molecular formula is C12H11N3O4. The highest BCUT2D eigenvalue weighted by atomic mass is 16.6. The van der Waals surface area contributed by atoms with Gasteiger partial charge in [0.1, 0.15) is 11.8 Å². The van der Waals surface area contributed by atoms with Gasteiger partial charge in [-0.05, 0) is 13.0 Å². The first-order valence-electron chi connectivity index (χ1n) is 5.37. The van der Waals surface area contributed by atoms with Crippen molar-refractivity contribution < 1.29 is 14.5 Å². The number of para-hydroxylation sites is 2. The maximum Gasteiger partial charge on any atom is 0.350 e. The number of nitro benzene ring substituents is 1. The Morgan fingerprint density at radius 1 is 1.58 bits per heavy atom. The number of anilines is 1. The van der Waals surface area contributed by atoms with E-state index < -0.39 is 10.9 Å². The van der Waals surface area contributed by atoms with E-state index in [1.165, 1.54) is 18.2 Å². The molecule has 0 heterocycles. The second-order valence-corrected chi connectivity index (χ2v) is 3.31. The third-order valence-electron chi connectivity index (χ3n) is 2.09. The lowest BCUT2D eigenvalue weighted by atomic mass is 10.2. The zero-order valence-corrected chi connectivity index (χ0v) is 10.1. The number of nitriles is 1. The number of hydrogen-bond donors (Lipinski definition) is 1. The lowest BCUT2D eigenvalue weighted by molar-refractivity contribution is -0.383. The summed E-state index contributed by atoms with van der Waals surface area (Å²) in [5, 5.41) is 22.1. The fourth-order valence-corrected chi connectivity index (χ4v) is 1.25. The van der Waals surface area contributed by atoms with E-state index in [1.807, 2.05) is 0 Å². The van der Waals surface area contributed by atoms with E-state index in [0.29, 0.717) is 0 Å². The summed E-state index contributed by atoms with van der Waals surface area (Å²) in [5.41, 5.74) is -0.232. The molecular weight excluding hydrogens is 250 g/mol. The Kier molecular flexibility index (Phi) is 5.04. The molecule has 0 aliphatic carbocycles. The summed E-state index contributed by atoms with van der Waals surface area (Å²) >= 11 is 0. The summed E-state index contributed by atoms with van der Waals surface area (Å²) in [4.78, 5) is 21.5. The van der Waals surface area contributed by atoms with Crippen LogP contribution in [0.2, 0.25) is 0 Å². The fourth-order valence-electron chi connectivity index (χ4n) is 1.25. The Labute approximate surface area is 109 Å². The predicted octanol–water partition coefficient (Wildman–Crippen LogP) is 1.98. The van der Waals surface area contributed by atoms with Gasteiger partial charge in [0.25, 0.3) is 5.69 Å². The number of esters is 1. The monoisotopic (exact) mass is 261 g/mol. The van der Waals surface area contributed by atoms with Crippen LogP contribution >= 0.6 is 0 Å². The molecule has 0 saturated carbocycles. The second-order valence-electron chi connectivity index (χ2n) is 3.31. The number of hydrogen-bond acceptors (Lipinski definition) is 6. The van der Waals surface area contributed by atoms with Gasteiger partial charge < -0.3 is 10.1 Å². The van der Waals surface area contributed by atoms with Gasteiger partial charge in [0.15, 0.2) is 5.57 Å². The van der Waals surface area contributed by atoms with Crippen molar-refractivity contribution >= 4 is 17.3 Å². The fraction of sp³-hybridized carbons (Fsp3) is 0.167. The molecule has 0 saturated heterocycles. The number of nitrogens with zero attached hydrogens (tertiary/aromatic N) is 2. The molecule has 1 aromatic rings. The molecule has 0 aliphatic rings. The molecule has 0 fully saturated rings. The first-order chi connectivity index (χ1) is 9.10. The maximum absolute atomic E-state index is 11.3. The largest absolute Gasteiger partial charge is 0.462 e. The van der Waals surface area contributed by atoms with Crippen LogP contribution in [0.5, 0.6) is 0 Å². The van der Waals surface area contributed by atoms with Crippen molar-refractivity contribution in [3.63, 3.8) is 0 Å². The van der Waals surface area contributed by atoms with E-state index in [1.54, 1.807) is 19.1 Å². The van der Waals surface area contributed by atoms with Crippen molar-refractivity contribution in [3.05, 3.63) is 46.2 Å². The van der Waals surface area contributed by atoms with Crippen molar-refractivity contribution in [2.75, 3.05) is 11.9 Å². The molecule has 0 unspecified atom stereocenters. The average Bonchev–Trinajstić information content (AvgIpc) is 2.40. The van der Waals surface area contributed by atoms with Gasteiger partial charge in [0, 0.05) is 12.3 Å². The predicted molar refractivity (Wildman–Crippen MR) is 67.0 cm³/mol. The standard InChI is InChI=1S/C12H11N3O4/c1-2-19-12(16)9(7-13)8-14-10-5-3-4-6-11(10)15(17)18/h3-6,8,14H,2H2,1H3/b9-8-. The van der Waals surface area contributed by atoms with Crippen molar-refractivity contribution in [3.8, 4) is 6.07 Å². The van der Waals surface area contributed by atoms with Gasteiger partial charge in [0.2, 0.25) is 0 Å². The number of nitro groups is 1. The highest BCUT2D eigenvalue weighted by Gasteiger charge is 2.13. The van der Waals surface area contributed by atoms with Crippen molar-refractivity contribution in [2.24, 2.45) is 0 Å². The van der Waals surface area contributed by atoms with Crippen LogP contribution in [0, 0.1) is 21.4 Å². The highest BCUT2D eigenvalue weighted by molar-refractivity contribution is 5.93. The molecule has 0 spiro atoms. The minimum atomic E-state index is -0.781. The van der Waals surface area contributed by atoms with Crippen LogP contribution in [0.1, 0.15) is 6.92 Å². The van der Waals surface area contributed by atoms with E-state index in [9.17, 15) is 14.9 Å². The van der Waals surface area contributed by atoms with Crippen LogP contribution in [0.15, 0.2) is 36.0 Å². The Bertz CT molecular complexity index is 560. The quantitative estimate of drug-likeness (QED) is 0.285. The SMILES string of the molecule is CCOC(=O)/C(C#N)=C\Nc1ccccc1[N+](=O)[O-]. The smallest absolute Gasteiger partial charge is 0.350 e. The zero-order valence-electron chi connectivity index (χ0n) is 10.1. The lowest BCUT2D eigenvalue weighted by Gasteiger charge is -2.03. The molecule has 0 bridgehead atoms. The summed E-state index contributed by atoms with van der Waals surface area (Å²) in [6, 6.07) is 7.55. The Balaban J connectivity index is 2.94. The van der Waals surface area contributed by atoms with Gasteiger partial charge in [-0.1, -0.05) is 12.1 Å². The number of carbonyl (C=O) groups is 1. The molecule has 1 rings (SSSR count). The summed E-state index contributed by atoms with van der Waals surface area (Å²) in [6.07, 6.45) is 1.08. The molecule has 1 aromatic carbocycles. The van der Waals surface area contributed by atoms with Gasteiger partial charge in [-0.15, -0.1) is 0 Å². The number of carbonyl (C=O) groups excluding carboxylic acids is 1. The number of nitrogens with one attached hydrogen (secondary N) is 1. The van der Waals surface area contributed by atoms with Crippen molar-refractivity contribution in [2.45, 2.75) is 6.92 Å². The highest BCUT2D eigenvalue weighted by Crippen LogP contribution is 2.23. The Hall–Kier alpha value is -2.88. The Morgan fingerprint density at radius 3 is 2.84 bits per heavy atom. The molecule has 0 atom stereocenters. The van der Waals surface area contributed by atoms with Crippen molar-refractivity contribution in [1.82, 2.24) is 0 Å². The van der Waals surface area contributed by atoms with E-state index in [0.717, 1.165) is 6.20 Å². The Morgan fingerprint density at radius 2 is 2.26 bits per heavy atom. The van der Waals surface area contributed by atoms with Crippen LogP contribution in [-0.4, -0.2) is 17.5 Å². The van der Waals surface area contributed by atoms with E-state index in [2.05, 4.69) is 10.1 Å². The molecule has 7 heteroatoms. The number of ether oxygens (including phenoxy) is 1. The minimum absolute atomic E-state index is 0.142. The normalized spacial score (nSPS) is 10.4. The molecule has 98 valence electrons. The topological polar surface area (TPSA) is 105 Å². The van der Waals surface area contributed by atoms with Gasteiger partial charge in [-0.25, -0.2) is 4.79 Å². The summed E-state index contributed by atoms with van der Waals surface area (Å²) < 4.78 is 4.66. The molecule has 0 amide bonds. The van der Waals surface area contributed by atoms with Crippen LogP contribution < -0.4 is 5.32 Å².